The molecule has 1 atom stereocenters. The van der Waals surface area contributed by atoms with Gasteiger partial charge in [-0.2, -0.15) is 0 Å². The molecule has 4 heteroatoms. The van der Waals surface area contributed by atoms with Crippen molar-refractivity contribution in [3.8, 4) is 16.9 Å². The number of aromatic hydroxyl groups is 1. The SMILES string of the molecule is CCN(CC)C1Cc2ccc(-c3c(O)ccc4ncc5sccc5c34)cc2C1. The topological polar surface area (TPSA) is 36.4 Å². The van der Waals surface area contributed by atoms with Gasteiger partial charge in [-0.25, -0.2) is 0 Å². The highest BCUT2D eigenvalue weighted by Crippen LogP contribution is 2.41. The van der Waals surface area contributed by atoms with E-state index in [0.29, 0.717) is 11.8 Å². The number of aromatic nitrogens is 1. The molecule has 0 spiro atoms. The normalized spacial score (nSPS) is 16.3. The smallest absolute Gasteiger partial charge is 0.124 e. The monoisotopic (exact) mass is 388 g/mol. The minimum Gasteiger partial charge on any atom is -0.507 e. The van der Waals surface area contributed by atoms with Crippen LogP contribution in [-0.2, 0) is 12.8 Å². The molecule has 0 aliphatic heterocycles. The number of rotatable bonds is 4. The van der Waals surface area contributed by atoms with E-state index in [0.717, 1.165) is 52.7 Å². The molecular formula is C24H24N2OS. The van der Waals surface area contributed by atoms with E-state index in [1.807, 2.05) is 12.3 Å². The zero-order valence-corrected chi connectivity index (χ0v) is 17.1. The second-order valence-corrected chi connectivity index (χ2v) is 8.53. The molecule has 0 amide bonds. The van der Waals surface area contributed by atoms with Crippen molar-refractivity contribution < 1.29 is 5.11 Å². The Morgan fingerprint density at radius 3 is 2.71 bits per heavy atom. The summed E-state index contributed by atoms with van der Waals surface area (Å²) in [7, 11) is 0. The van der Waals surface area contributed by atoms with Crippen LogP contribution in [0.3, 0.4) is 0 Å². The quantitative estimate of drug-likeness (QED) is 0.492. The van der Waals surface area contributed by atoms with E-state index in [-0.39, 0.29) is 0 Å². The first-order valence-electron chi connectivity index (χ1n) is 10.0. The Kier molecular flexibility index (Phi) is 4.33. The fourth-order valence-corrected chi connectivity index (χ4v) is 5.52. The Balaban J connectivity index is 1.66. The van der Waals surface area contributed by atoms with Gasteiger partial charge in [0.1, 0.15) is 5.75 Å². The summed E-state index contributed by atoms with van der Waals surface area (Å²) < 4.78 is 1.15. The van der Waals surface area contributed by atoms with Gasteiger partial charge in [0.05, 0.1) is 10.2 Å². The summed E-state index contributed by atoms with van der Waals surface area (Å²) in [6.07, 6.45) is 4.14. The molecule has 2 heterocycles. The largest absolute Gasteiger partial charge is 0.507 e. The van der Waals surface area contributed by atoms with E-state index < -0.39 is 0 Å². The van der Waals surface area contributed by atoms with Gasteiger partial charge in [-0.15, -0.1) is 11.3 Å². The van der Waals surface area contributed by atoms with Crippen molar-refractivity contribution >= 4 is 32.3 Å². The zero-order chi connectivity index (χ0) is 19.3. The number of likely N-dealkylation sites (N-methyl/N-ethyl adjacent to an activating group) is 1. The van der Waals surface area contributed by atoms with Crippen LogP contribution in [0, 0.1) is 0 Å². The summed E-state index contributed by atoms with van der Waals surface area (Å²) in [6, 6.07) is 13.1. The van der Waals surface area contributed by atoms with Gasteiger partial charge in [0.15, 0.2) is 0 Å². The number of thiophene rings is 1. The second-order valence-electron chi connectivity index (χ2n) is 7.58. The van der Waals surface area contributed by atoms with Gasteiger partial charge in [-0.1, -0.05) is 32.0 Å². The van der Waals surface area contributed by atoms with Crippen molar-refractivity contribution in [2.75, 3.05) is 13.1 Å². The number of nitrogens with zero attached hydrogens (tertiary/aromatic N) is 2. The zero-order valence-electron chi connectivity index (χ0n) is 16.3. The predicted octanol–water partition coefficient (Wildman–Crippen LogP) is 5.63. The Labute approximate surface area is 169 Å². The Bertz CT molecular complexity index is 1180. The van der Waals surface area contributed by atoms with Crippen molar-refractivity contribution in [3.63, 3.8) is 0 Å². The molecule has 2 aromatic carbocycles. The maximum atomic E-state index is 10.8. The molecule has 0 radical (unpaired) electrons. The molecule has 28 heavy (non-hydrogen) atoms. The van der Waals surface area contributed by atoms with E-state index in [4.69, 9.17) is 0 Å². The Morgan fingerprint density at radius 2 is 1.89 bits per heavy atom. The summed E-state index contributed by atoms with van der Waals surface area (Å²) in [6.45, 7) is 6.66. The van der Waals surface area contributed by atoms with E-state index in [2.05, 4.69) is 53.4 Å². The number of hydrogen-bond donors (Lipinski definition) is 1. The number of fused-ring (bicyclic) bond motifs is 4. The molecule has 3 nitrogen and oxygen atoms in total. The minimum atomic E-state index is 0.325. The van der Waals surface area contributed by atoms with Crippen molar-refractivity contribution in [2.45, 2.75) is 32.7 Å². The third-order valence-electron chi connectivity index (χ3n) is 6.18. The molecule has 1 N–H and O–H groups in total. The van der Waals surface area contributed by atoms with Crippen LogP contribution in [0.15, 0.2) is 48.0 Å². The number of pyridine rings is 1. The van der Waals surface area contributed by atoms with Crippen LogP contribution in [0.2, 0.25) is 0 Å². The van der Waals surface area contributed by atoms with Crippen LogP contribution < -0.4 is 0 Å². The van der Waals surface area contributed by atoms with Crippen molar-refractivity contribution in [1.82, 2.24) is 9.88 Å². The van der Waals surface area contributed by atoms with Gasteiger partial charge >= 0.3 is 0 Å². The van der Waals surface area contributed by atoms with Crippen molar-refractivity contribution in [3.05, 3.63) is 59.1 Å². The van der Waals surface area contributed by atoms with Crippen LogP contribution in [0.25, 0.3) is 32.1 Å². The van der Waals surface area contributed by atoms with Crippen molar-refractivity contribution in [1.29, 1.82) is 0 Å². The highest BCUT2D eigenvalue weighted by atomic mass is 32.1. The first-order valence-corrected chi connectivity index (χ1v) is 10.9. The van der Waals surface area contributed by atoms with Gasteiger partial charge in [0, 0.05) is 28.6 Å². The molecular weight excluding hydrogens is 364 g/mol. The second kappa shape index (κ2) is 6.87. The van der Waals surface area contributed by atoms with Gasteiger partial charge in [-0.05, 0) is 66.2 Å². The maximum absolute atomic E-state index is 10.8. The molecule has 0 saturated heterocycles. The fourth-order valence-electron chi connectivity index (χ4n) is 4.76. The third kappa shape index (κ3) is 2.71. The average Bonchev–Trinajstić information content (AvgIpc) is 3.35. The van der Waals surface area contributed by atoms with Crippen LogP contribution in [0.5, 0.6) is 5.75 Å². The van der Waals surface area contributed by atoms with Crippen LogP contribution in [-0.4, -0.2) is 34.1 Å². The van der Waals surface area contributed by atoms with Crippen LogP contribution in [0.4, 0.5) is 0 Å². The van der Waals surface area contributed by atoms with Crippen LogP contribution in [0.1, 0.15) is 25.0 Å². The van der Waals surface area contributed by atoms with Crippen molar-refractivity contribution in [2.24, 2.45) is 0 Å². The molecule has 4 aromatic rings. The molecule has 0 fully saturated rings. The molecule has 5 rings (SSSR count). The predicted molar refractivity (Wildman–Crippen MR) is 118 cm³/mol. The molecule has 2 aromatic heterocycles. The van der Waals surface area contributed by atoms with Gasteiger partial charge in [0.2, 0.25) is 0 Å². The lowest BCUT2D eigenvalue weighted by molar-refractivity contribution is 0.223. The molecule has 1 aliphatic rings. The summed E-state index contributed by atoms with van der Waals surface area (Å²) in [4.78, 5) is 7.18. The first-order chi connectivity index (χ1) is 13.7. The van der Waals surface area contributed by atoms with Crippen LogP contribution >= 0.6 is 11.3 Å². The van der Waals surface area contributed by atoms with E-state index in [1.54, 1.807) is 17.4 Å². The summed E-state index contributed by atoms with van der Waals surface area (Å²) in [5.74, 6) is 0.325. The molecule has 1 aliphatic carbocycles. The van der Waals surface area contributed by atoms with Gasteiger partial charge < -0.3 is 10.0 Å². The highest BCUT2D eigenvalue weighted by Gasteiger charge is 2.26. The lowest BCUT2D eigenvalue weighted by Crippen LogP contribution is -2.35. The lowest BCUT2D eigenvalue weighted by Gasteiger charge is -2.25. The Hall–Kier alpha value is -2.43. The average molecular weight is 389 g/mol. The number of benzene rings is 2. The Morgan fingerprint density at radius 1 is 1.07 bits per heavy atom. The van der Waals surface area contributed by atoms with E-state index in [9.17, 15) is 5.11 Å². The minimum absolute atomic E-state index is 0.325. The van der Waals surface area contributed by atoms with Gasteiger partial charge in [0.25, 0.3) is 0 Å². The van der Waals surface area contributed by atoms with E-state index >= 15 is 0 Å². The summed E-state index contributed by atoms with van der Waals surface area (Å²) >= 11 is 1.69. The fraction of sp³-hybridized carbons (Fsp3) is 0.292. The number of hydrogen-bond acceptors (Lipinski definition) is 4. The molecule has 142 valence electrons. The van der Waals surface area contributed by atoms with Gasteiger partial charge in [-0.3, -0.25) is 4.98 Å². The molecule has 0 saturated carbocycles. The standard InChI is InChI=1S/C24H24N2OS/c1-3-26(4-2)18-12-15-5-6-16(11-17(15)13-18)23-21(27)8-7-20-24(23)19-9-10-28-22(19)14-25-20/h5-11,14,18,27H,3-4,12-13H2,1-2H3. The lowest BCUT2D eigenvalue weighted by atomic mass is 9.95. The highest BCUT2D eigenvalue weighted by molar-refractivity contribution is 7.17. The first kappa shape index (κ1) is 17.7. The number of phenolic OH excluding ortho intramolecular Hbond substituents is 1. The summed E-state index contributed by atoms with van der Waals surface area (Å²) in [5, 5.41) is 15.1. The third-order valence-corrected chi connectivity index (χ3v) is 7.03. The number of phenols is 1. The summed E-state index contributed by atoms with van der Waals surface area (Å²) in [5.41, 5.74) is 5.78. The maximum Gasteiger partial charge on any atom is 0.124 e. The molecule has 1 unspecified atom stereocenters. The molecule has 0 bridgehead atoms. The van der Waals surface area contributed by atoms with E-state index in [1.165, 1.54) is 16.5 Å².